The van der Waals surface area contributed by atoms with Crippen LogP contribution in [0.3, 0.4) is 0 Å². The monoisotopic (exact) mass is 525 g/mol. The Bertz CT molecular complexity index is 1180. The molecule has 2 amide bonds. The molecule has 0 saturated carbocycles. The number of carbonyl (C=O) groups excluding carboxylic acids is 2. The van der Waals surface area contributed by atoms with Gasteiger partial charge in [0.2, 0.25) is 5.91 Å². The molecule has 1 aromatic heterocycles. The van der Waals surface area contributed by atoms with Gasteiger partial charge >= 0.3 is 0 Å². The van der Waals surface area contributed by atoms with E-state index in [2.05, 4.69) is 20.8 Å². The van der Waals surface area contributed by atoms with Gasteiger partial charge in [0.25, 0.3) is 5.91 Å². The van der Waals surface area contributed by atoms with E-state index in [0.29, 0.717) is 43.8 Å². The summed E-state index contributed by atoms with van der Waals surface area (Å²) in [6.45, 7) is 6.18. The van der Waals surface area contributed by atoms with Gasteiger partial charge in [-0.15, -0.1) is 10.2 Å². The van der Waals surface area contributed by atoms with Crippen molar-refractivity contribution in [1.29, 1.82) is 0 Å². The number of carbonyl (C=O) groups is 2. The van der Waals surface area contributed by atoms with Crippen molar-refractivity contribution in [2.75, 3.05) is 11.1 Å². The third kappa shape index (κ3) is 6.20. The first-order valence-corrected chi connectivity index (χ1v) is 12.2. The fourth-order valence-corrected chi connectivity index (χ4v) is 4.35. The number of amides is 2. The van der Waals surface area contributed by atoms with Gasteiger partial charge in [-0.2, -0.15) is 0 Å². The maximum atomic E-state index is 12.6. The van der Waals surface area contributed by atoms with Crippen molar-refractivity contribution in [3.05, 3.63) is 68.4 Å². The van der Waals surface area contributed by atoms with Gasteiger partial charge in [0.05, 0.1) is 21.8 Å². The number of aromatic nitrogens is 3. The van der Waals surface area contributed by atoms with Crippen LogP contribution in [0.2, 0.25) is 15.1 Å². The molecule has 0 aliphatic carbocycles. The van der Waals surface area contributed by atoms with Gasteiger partial charge in [-0.3, -0.25) is 9.59 Å². The SMILES string of the molecule is CCn1c(SCC(=O)Nc2cccc(Cl)c2C)nnc1[C@H](C)NC(=O)c1ccc(Cl)c(Cl)c1. The van der Waals surface area contributed by atoms with Gasteiger partial charge in [0, 0.05) is 22.8 Å². The normalized spacial score (nSPS) is 11.8. The number of hydrogen-bond donors (Lipinski definition) is 2. The Morgan fingerprint density at radius 3 is 2.55 bits per heavy atom. The molecule has 3 aromatic rings. The molecule has 3 rings (SSSR count). The van der Waals surface area contributed by atoms with Crippen LogP contribution in [0.1, 0.15) is 41.6 Å². The van der Waals surface area contributed by atoms with Crippen molar-refractivity contribution < 1.29 is 9.59 Å². The number of thioether (sulfide) groups is 1. The van der Waals surface area contributed by atoms with Gasteiger partial charge < -0.3 is 15.2 Å². The number of halogens is 3. The number of benzene rings is 2. The minimum absolute atomic E-state index is 0.147. The zero-order chi connectivity index (χ0) is 24.1. The molecule has 174 valence electrons. The average molecular weight is 527 g/mol. The lowest BCUT2D eigenvalue weighted by atomic mass is 10.2. The van der Waals surface area contributed by atoms with Gasteiger partial charge in [-0.25, -0.2) is 0 Å². The zero-order valence-corrected chi connectivity index (χ0v) is 21.2. The quantitative estimate of drug-likeness (QED) is 0.363. The Kier molecular flexibility index (Phi) is 8.64. The highest BCUT2D eigenvalue weighted by Crippen LogP contribution is 2.25. The second kappa shape index (κ2) is 11.2. The van der Waals surface area contributed by atoms with Gasteiger partial charge in [0.15, 0.2) is 11.0 Å². The fraction of sp³-hybridized carbons (Fsp3) is 0.273. The molecule has 0 unspecified atom stereocenters. The second-order valence-electron chi connectivity index (χ2n) is 7.16. The first-order chi connectivity index (χ1) is 15.7. The lowest BCUT2D eigenvalue weighted by molar-refractivity contribution is -0.113. The minimum Gasteiger partial charge on any atom is -0.342 e. The number of rotatable bonds is 8. The Labute approximate surface area is 211 Å². The summed E-state index contributed by atoms with van der Waals surface area (Å²) < 4.78 is 1.86. The van der Waals surface area contributed by atoms with Crippen LogP contribution >= 0.6 is 46.6 Å². The first kappa shape index (κ1) is 25.4. The van der Waals surface area contributed by atoms with E-state index >= 15 is 0 Å². The molecule has 2 aromatic carbocycles. The van der Waals surface area contributed by atoms with Crippen LogP contribution in [0.4, 0.5) is 5.69 Å². The Balaban J connectivity index is 1.65. The Morgan fingerprint density at radius 2 is 1.85 bits per heavy atom. The molecule has 0 fully saturated rings. The summed E-state index contributed by atoms with van der Waals surface area (Å²) in [4.78, 5) is 25.0. The third-order valence-electron chi connectivity index (χ3n) is 4.85. The summed E-state index contributed by atoms with van der Waals surface area (Å²) in [5, 5.41) is 16.1. The summed E-state index contributed by atoms with van der Waals surface area (Å²) in [6.07, 6.45) is 0. The molecule has 1 atom stereocenters. The molecule has 0 radical (unpaired) electrons. The summed E-state index contributed by atoms with van der Waals surface area (Å²) in [5.74, 6) is 0.240. The second-order valence-corrected chi connectivity index (χ2v) is 9.32. The van der Waals surface area contributed by atoms with E-state index in [4.69, 9.17) is 34.8 Å². The van der Waals surface area contributed by atoms with E-state index in [1.54, 1.807) is 30.3 Å². The van der Waals surface area contributed by atoms with Crippen molar-refractivity contribution >= 4 is 64.1 Å². The van der Waals surface area contributed by atoms with Crippen molar-refractivity contribution in [3.8, 4) is 0 Å². The number of nitrogens with zero attached hydrogens (tertiary/aromatic N) is 3. The zero-order valence-electron chi connectivity index (χ0n) is 18.2. The summed E-state index contributed by atoms with van der Waals surface area (Å²) in [5.41, 5.74) is 1.87. The van der Waals surface area contributed by atoms with Crippen LogP contribution in [0.25, 0.3) is 0 Å². The Hall–Kier alpha value is -2.26. The molecular formula is C22H22Cl3N5O2S. The van der Waals surface area contributed by atoms with Crippen LogP contribution in [0, 0.1) is 6.92 Å². The van der Waals surface area contributed by atoms with Crippen LogP contribution in [0.15, 0.2) is 41.6 Å². The topological polar surface area (TPSA) is 88.9 Å². The van der Waals surface area contributed by atoms with Crippen LogP contribution in [-0.2, 0) is 11.3 Å². The number of hydrogen-bond acceptors (Lipinski definition) is 5. The lowest BCUT2D eigenvalue weighted by Gasteiger charge is -2.15. The molecule has 11 heteroatoms. The molecular weight excluding hydrogens is 505 g/mol. The molecule has 0 bridgehead atoms. The number of nitrogens with one attached hydrogen (secondary N) is 2. The summed E-state index contributed by atoms with van der Waals surface area (Å²) in [6, 6.07) is 9.62. The van der Waals surface area contributed by atoms with E-state index in [1.807, 2.05) is 25.3 Å². The van der Waals surface area contributed by atoms with Crippen molar-refractivity contribution in [3.63, 3.8) is 0 Å². The van der Waals surface area contributed by atoms with Gasteiger partial charge in [-0.1, -0.05) is 52.6 Å². The highest BCUT2D eigenvalue weighted by Gasteiger charge is 2.20. The predicted molar refractivity (Wildman–Crippen MR) is 134 cm³/mol. The smallest absolute Gasteiger partial charge is 0.251 e. The van der Waals surface area contributed by atoms with Crippen molar-refractivity contribution in [2.45, 2.75) is 38.5 Å². The third-order valence-corrected chi connectivity index (χ3v) is 6.97. The molecule has 7 nitrogen and oxygen atoms in total. The van der Waals surface area contributed by atoms with Crippen LogP contribution in [0.5, 0.6) is 0 Å². The predicted octanol–water partition coefficient (Wildman–Crippen LogP) is 5.79. The molecule has 1 heterocycles. The number of anilines is 1. The van der Waals surface area contributed by atoms with Gasteiger partial charge in [-0.05, 0) is 56.7 Å². The molecule has 0 saturated heterocycles. The average Bonchev–Trinajstić information content (AvgIpc) is 3.20. The maximum absolute atomic E-state index is 12.6. The van der Waals surface area contributed by atoms with E-state index in [9.17, 15) is 9.59 Å². The van der Waals surface area contributed by atoms with Crippen molar-refractivity contribution in [2.24, 2.45) is 0 Å². The van der Waals surface area contributed by atoms with E-state index in [1.165, 1.54) is 17.8 Å². The maximum Gasteiger partial charge on any atom is 0.251 e. The fourth-order valence-electron chi connectivity index (χ4n) is 3.07. The van der Waals surface area contributed by atoms with Gasteiger partial charge in [0.1, 0.15) is 0 Å². The largest absolute Gasteiger partial charge is 0.342 e. The van der Waals surface area contributed by atoms with Crippen LogP contribution < -0.4 is 10.6 Å². The molecule has 0 aliphatic heterocycles. The molecule has 0 aliphatic rings. The van der Waals surface area contributed by atoms with E-state index in [-0.39, 0.29) is 17.6 Å². The van der Waals surface area contributed by atoms with E-state index < -0.39 is 6.04 Å². The first-order valence-electron chi connectivity index (χ1n) is 10.1. The highest BCUT2D eigenvalue weighted by atomic mass is 35.5. The highest BCUT2D eigenvalue weighted by molar-refractivity contribution is 7.99. The lowest BCUT2D eigenvalue weighted by Crippen LogP contribution is -2.28. The summed E-state index contributed by atoms with van der Waals surface area (Å²) >= 11 is 19.3. The van der Waals surface area contributed by atoms with E-state index in [0.717, 1.165) is 5.56 Å². The minimum atomic E-state index is -0.420. The molecule has 33 heavy (non-hydrogen) atoms. The van der Waals surface area contributed by atoms with Crippen molar-refractivity contribution in [1.82, 2.24) is 20.1 Å². The molecule has 2 N–H and O–H groups in total. The Morgan fingerprint density at radius 1 is 1.09 bits per heavy atom. The van der Waals surface area contributed by atoms with Crippen LogP contribution in [-0.4, -0.2) is 32.3 Å². The molecule has 0 spiro atoms. The standard InChI is InChI=1S/C22H22Cl3N5O2S/c1-4-30-20(13(3)26-21(32)14-8-9-16(24)17(25)10-14)28-29-22(30)33-11-19(31)27-18-7-5-6-15(23)12(18)2/h5-10,13H,4,11H2,1-3H3,(H,26,32)(H,27,31)/t13-/m0/s1. The summed E-state index contributed by atoms with van der Waals surface area (Å²) in [7, 11) is 0.